The highest BCUT2D eigenvalue weighted by Gasteiger charge is 2.07. The molecule has 21 heavy (non-hydrogen) atoms. The molecule has 0 fully saturated rings. The summed E-state index contributed by atoms with van der Waals surface area (Å²) in [5, 5.41) is 3.42. The van der Waals surface area contributed by atoms with Crippen LogP contribution in [0.15, 0.2) is 29.1 Å². The van der Waals surface area contributed by atoms with Gasteiger partial charge in [-0.2, -0.15) is 0 Å². The van der Waals surface area contributed by atoms with E-state index in [4.69, 9.17) is 0 Å². The van der Waals surface area contributed by atoms with Gasteiger partial charge in [0.2, 0.25) is 0 Å². The van der Waals surface area contributed by atoms with Crippen molar-refractivity contribution in [1.29, 1.82) is 0 Å². The molecule has 0 aliphatic carbocycles. The van der Waals surface area contributed by atoms with Crippen molar-refractivity contribution in [1.82, 2.24) is 14.5 Å². The molecule has 0 saturated carbocycles. The molecule has 110 valence electrons. The Morgan fingerprint density at radius 1 is 1.14 bits per heavy atom. The van der Waals surface area contributed by atoms with Gasteiger partial charge in [-0.15, -0.1) is 0 Å². The van der Waals surface area contributed by atoms with Gasteiger partial charge >= 0.3 is 5.69 Å². The molecule has 2 aromatic heterocycles. The van der Waals surface area contributed by atoms with E-state index in [1.54, 1.807) is 0 Å². The summed E-state index contributed by atoms with van der Waals surface area (Å²) in [5.74, 6) is 0. The minimum absolute atomic E-state index is 0.173. The van der Waals surface area contributed by atoms with Gasteiger partial charge in [0, 0.05) is 30.2 Å². The van der Waals surface area contributed by atoms with Crippen LogP contribution in [0.1, 0.15) is 23.9 Å². The Morgan fingerprint density at radius 3 is 2.62 bits per heavy atom. The van der Waals surface area contributed by atoms with E-state index in [9.17, 15) is 4.79 Å². The second kappa shape index (κ2) is 5.16. The Balaban J connectivity index is 1.81. The number of fused-ring (bicyclic) bond motifs is 1. The molecule has 0 aliphatic rings. The minimum atomic E-state index is -0.173. The predicted molar refractivity (Wildman–Crippen MR) is 85.8 cm³/mol. The smallest absolute Gasteiger partial charge is 0.323 e. The molecule has 0 spiro atoms. The average molecular weight is 284 g/mol. The summed E-state index contributed by atoms with van der Waals surface area (Å²) in [6.07, 6.45) is 0. The summed E-state index contributed by atoms with van der Waals surface area (Å²) >= 11 is 0. The number of anilines is 1. The first kappa shape index (κ1) is 13.5. The molecule has 0 radical (unpaired) electrons. The van der Waals surface area contributed by atoms with Crippen LogP contribution in [-0.4, -0.2) is 14.5 Å². The van der Waals surface area contributed by atoms with Crippen molar-refractivity contribution >= 4 is 16.7 Å². The molecule has 1 aromatic carbocycles. The van der Waals surface area contributed by atoms with E-state index in [1.165, 1.54) is 17.0 Å². The van der Waals surface area contributed by atoms with Crippen LogP contribution >= 0.6 is 0 Å². The van der Waals surface area contributed by atoms with Gasteiger partial charge in [-0.25, -0.2) is 4.79 Å². The first-order chi connectivity index (χ1) is 10.1. The van der Waals surface area contributed by atoms with Crippen LogP contribution in [0.25, 0.3) is 11.0 Å². The quantitative estimate of drug-likeness (QED) is 0.689. The van der Waals surface area contributed by atoms with Gasteiger partial charge in [-0.3, -0.25) is 0 Å². The first-order valence-corrected chi connectivity index (χ1v) is 7.20. The SMILES string of the molecule is CCn1c(C)cc(CNc2ccc3[nH]c(=O)[nH]c3c2)c1C. The second-order valence-electron chi connectivity index (χ2n) is 5.33. The molecule has 0 bridgehead atoms. The van der Waals surface area contributed by atoms with E-state index in [2.05, 4.69) is 46.7 Å². The largest absolute Gasteiger partial charge is 0.381 e. The number of aromatic amines is 2. The lowest BCUT2D eigenvalue weighted by atomic mass is 10.2. The second-order valence-corrected chi connectivity index (χ2v) is 5.33. The lowest BCUT2D eigenvalue weighted by Crippen LogP contribution is -2.03. The van der Waals surface area contributed by atoms with E-state index in [0.29, 0.717) is 0 Å². The molecular formula is C16H20N4O. The van der Waals surface area contributed by atoms with Crippen LogP contribution in [0.4, 0.5) is 5.69 Å². The summed E-state index contributed by atoms with van der Waals surface area (Å²) in [5.41, 5.74) is 6.37. The van der Waals surface area contributed by atoms with Crippen molar-refractivity contribution in [3.05, 3.63) is 51.7 Å². The summed E-state index contributed by atoms with van der Waals surface area (Å²) < 4.78 is 2.31. The predicted octanol–water partition coefficient (Wildman–Crippen LogP) is 2.91. The summed E-state index contributed by atoms with van der Waals surface area (Å²) in [4.78, 5) is 16.8. The van der Waals surface area contributed by atoms with Gasteiger partial charge in [-0.1, -0.05) is 0 Å². The average Bonchev–Trinajstić information content (AvgIpc) is 2.95. The number of imidazole rings is 1. The van der Waals surface area contributed by atoms with Gasteiger partial charge in [0.25, 0.3) is 0 Å². The van der Waals surface area contributed by atoms with Gasteiger partial charge < -0.3 is 19.9 Å². The molecule has 5 heteroatoms. The Morgan fingerprint density at radius 2 is 1.90 bits per heavy atom. The topological polar surface area (TPSA) is 65.6 Å². The van der Waals surface area contributed by atoms with Crippen molar-refractivity contribution in [3.8, 4) is 0 Å². The van der Waals surface area contributed by atoms with Gasteiger partial charge in [-0.05, 0) is 50.6 Å². The van der Waals surface area contributed by atoms with Crippen molar-refractivity contribution in [2.45, 2.75) is 33.9 Å². The molecule has 0 aliphatic heterocycles. The molecule has 3 aromatic rings. The maximum absolute atomic E-state index is 11.3. The lowest BCUT2D eigenvalue weighted by Gasteiger charge is -2.08. The highest BCUT2D eigenvalue weighted by molar-refractivity contribution is 5.78. The fourth-order valence-corrected chi connectivity index (χ4v) is 2.88. The number of aromatic nitrogens is 3. The number of hydrogen-bond acceptors (Lipinski definition) is 2. The summed E-state index contributed by atoms with van der Waals surface area (Å²) in [6, 6.07) is 8.06. The molecule has 3 rings (SSSR count). The van der Waals surface area contributed by atoms with Crippen molar-refractivity contribution < 1.29 is 0 Å². The standard InChI is InChI=1S/C16H20N4O/c1-4-20-10(2)7-12(11(20)3)9-17-13-5-6-14-15(8-13)19-16(21)18-14/h5-8,17H,4,9H2,1-3H3,(H2,18,19,21). The Kier molecular flexibility index (Phi) is 3.33. The Bertz CT molecular complexity index is 838. The molecule has 0 atom stereocenters. The number of benzene rings is 1. The van der Waals surface area contributed by atoms with Gasteiger partial charge in [0.15, 0.2) is 0 Å². The third kappa shape index (κ3) is 2.46. The molecule has 5 nitrogen and oxygen atoms in total. The number of rotatable bonds is 4. The van der Waals surface area contributed by atoms with Crippen LogP contribution in [0.5, 0.6) is 0 Å². The molecule has 2 heterocycles. The third-order valence-corrected chi connectivity index (χ3v) is 3.99. The fourth-order valence-electron chi connectivity index (χ4n) is 2.88. The Hall–Kier alpha value is -2.43. The lowest BCUT2D eigenvalue weighted by molar-refractivity contribution is 0.715. The maximum Gasteiger partial charge on any atom is 0.323 e. The number of nitrogens with zero attached hydrogens (tertiary/aromatic N) is 1. The molecule has 0 unspecified atom stereocenters. The minimum Gasteiger partial charge on any atom is -0.381 e. The van der Waals surface area contributed by atoms with Crippen LogP contribution in [-0.2, 0) is 13.1 Å². The first-order valence-electron chi connectivity index (χ1n) is 7.20. The van der Waals surface area contributed by atoms with E-state index >= 15 is 0 Å². The number of H-pyrrole nitrogens is 2. The van der Waals surface area contributed by atoms with Crippen LogP contribution in [0.2, 0.25) is 0 Å². The zero-order valence-electron chi connectivity index (χ0n) is 12.6. The maximum atomic E-state index is 11.3. The van der Waals surface area contributed by atoms with Crippen molar-refractivity contribution in [2.24, 2.45) is 0 Å². The molecular weight excluding hydrogens is 264 g/mol. The molecule has 0 saturated heterocycles. The van der Waals surface area contributed by atoms with Crippen LogP contribution in [0.3, 0.4) is 0 Å². The highest BCUT2D eigenvalue weighted by atomic mass is 16.1. The van der Waals surface area contributed by atoms with Crippen molar-refractivity contribution in [2.75, 3.05) is 5.32 Å². The van der Waals surface area contributed by atoms with E-state index < -0.39 is 0 Å². The monoisotopic (exact) mass is 284 g/mol. The van der Waals surface area contributed by atoms with Crippen molar-refractivity contribution in [3.63, 3.8) is 0 Å². The summed E-state index contributed by atoms with van der Waals surface area (Å²) in [7, 11) is 0. The number of aryl methyl sites for hydroxylation is 1. The highest BCUT2D eigenvalue weighted by Crippen LogP contribution is 2.19. The molecule has 0 amide bonds. The van der Waals surface area contributed by atoms with Gasteiger partial charge in [0.05, 0.1) is 11.0 Å². The Labute approximate surface area is 123 Å². The molecule has 3 N–H and O–H groups in total. The number of nitrogens with one attached hydrogen (secondary N) is 3. The van der Waals surface area contributed by atoms with Crippen LogP contribution in [0, 0.1) is 13.8 Å². The number of hydrogen-bond donors (Lipinski definition) is 3. The fraction of sp³-hybridized carbons (Fsp3) is 0.312. The van der Waals surface area contributed by atoms with E-state index in [1.807, 2.05) is 18.2 Å². The van der Waals surface area contributed by atoms with E-state index in [-0.39, 0.29) is 5.69 Å². The zero-order valence-corrected chi connectivity index (χ0v) is 12.6. The van der Waals surface area contributed by atoms with Gasteiger partial charge in [0.1, 0.15) is 0 Å². The summed E-state index contributed by atoms with van der Waals surface area (Å²) in [6.45, 7) is 8.22. The van der Waals surface area contributed by atoms with E-state index in [0.717, 1.165) is 29.8 Å². The zero-order chi connectivity index (χ0) is 15.0. The third-order valence-electron chi connectivity index (χ3n) is 3.99. The van der Waals surface area contributed by atoms with Crippen LogP contribution < -0.4 is 11.0 Å². The normalized spacial score (nSPS) is 11.2.